The molecule has 11 heteroatoms. The number of nitrogens with zero attached hydrogens (tertiary/aromatic N) is 4. The van der Waals surface area contributed by atoms with Crippen LogP contribution in [0.3, 0.4) is 0 Å². The van der Waals surface area contributed by atoms with Gasteiger partial charge in [0.05, 0.1) is 18.8 Å². The van der Waals surface area contributed by atoms with E-state index in [-0.39, 0.29) is 37.3 Å². The molecule has 4 N–H and O–H groups in total. The molecule has 0 bridgehead atoms. The fraction of sp³-hybridized carbons (Fsp3) is 0.600. The van der Waals surface area contributed by atoms with Crippen LogP contribution in [0.15, 0.2) is 18.6 Å². The highest BCUT2D eigenvalue weighted by Gasteiger charge is 2.42. The Morgan fingerprint density at radius 3 is 2.48 bits per heavy atom. The fourth-order valence-electron chi connectivity index (χ4n) is 4.18. The van der Waals surface area contributed by atoms with E-state index in [4.69, 9.17) is 5.73 Å². The summed E-state index contributed by atoms with van der Waals surface area (Å²) < 4.78 is 0. The van der Waals surface area contributed by atoms with Gasteiger partial charge < -0.3 is 26.2 Å². The topological polar surface area (TPSA) is 151 Å². The Bertz CT molecular complexity index is 813. The van der Waals surface area contributed by atoms with E-state index in [2.05, 4.69) is 20.6 Å². The van der Waals surface area contributed by atoms with Crippen LogP contribution in [0.4, 0.5) is 4.79 Å². The number of hydrogen-bond donors (Lipinski definition) is 3. The van der Waals surface area contributed by atoms with E-state index >= 15 is 0 Å². The third-order valence-corrected chi connectivity index (χ3v) is 5.67. The average molecular weight is 431 g/mol. The molecule has 2 unspecified atom stereocenters. The van der Waals surface area contributed by atoms with Crippen LogP contribution < -0.4 is 16.4 Å². The molecule has 3 rings (SSSR count). The maximum absolute atomic E-state index is 13.0. The standard InChI is InChI=1S/C20H29N7O4/c1-26(12-17(21)28)19(30)16-9-14(25-20(31)24-13-5-3-2-4-6-13)11-27(16)18(29)15-10-22-7-8-23-15/h7-8,10,13-14,16H,2-6,9,11-12H2,1H3,(H2,21,28)(H2,24,25,31). The second kappa shape index (κ2) is 10.2. The summed E-state index contributed by atoms with van der Waals surface area (Å²) in [4.78, 5) is 60.1. The number of nitrogens with two attached hydrogens (primary N) is 1. The molecule has 5 amide bonds. The van der Waals surface area contributed by atoms with Crippen molar-refractivity contribution in [1.82, 2.24) is 30.4 Å². The highest BCUT2D eigenvalue weighted by Crippen LogP contribution is 2.22. The zero-order valence-electron chi connectivity index (χ0n) is 17.6. The maximum atomic E-state index is 13.0. The number of carbonyl (C=O) groups excluding carboxylic acids is 4. The number of likely N-dealkylation sites (tertiary alicyclic amines) is 1. The minimum atomic E-state index is -0.848. The Morgan fingerprint density at radius 2 is 1.84 bits per heavy atom. The quantitative estimate of drug-likeness (QED) is 0.559. The summed E-state index contributed by atoms with van der Waals surface area (Å²) in [6.45, 7) is -0.114. The molecule has 0 spiro atoms. The van der Waals surface area contributed by atoms with E-state index in [0.29, 0.717) is 0 Å². The van der Waals surface area contributed by atoms with Crippen molar-refractivity contribution in [1.29, 1.82) is 0 Å². The lowest BCUT2D eigenvalue weighted by molar-refractivity contribution is -0.137. The van der Waals surface area contributed by atoms with Gasteiger partial charge in [-0.15, -0.1) is 0 Å². The molecule has 2 atom stereocenters. The third-order valence-electron chi connectivity index (χ3n) is 5.67. The molecule has 2 aliphatic rings. The number of rotatable bonds is 6. The summed E-state index contributed by atoms with van der Waals surface area (Å²) in [5.41, 5.74) is 5.30. The second-order valence-corrected chi connectivity index (χ2v) is 8.11. The molecule has 1 aromatic rings. The normalized spacial score (nSPS) is 21.4. The van der Waals surface area contributed by atoms with Gasteiger partial charge in [-0.1, -0.05) is 19.3 Å². The number of nitrogens with one attached hydrogen (secondary N) is 2. The number of urea groups is 1. The van der Waals surface area contributed by atoms with Gasteiger partial charge in [-0.2, -0.15) is 0 Å². The highest BCUT2D eigenvalue weighted by molar-refractivity contribution is 5.97. The summed E-state index contributed by atoms with van der Waals surface area (Å²) in [6, 6.07) is -1.42. The Hall–Kier alpha value is -3.24. The van der Waals surface area contributed by atoms with E-state index in [1.807, 2.05) is 0 Å². The van der Waals surface area contributed by atoms with Crippen molar-refractivity contribution >= 4 is 23.8 Å². The van der Waals surface area contributed by atoms with Crippen LogP contribution in [0.5, 0.6) is 0 Å². The average Bonchev–Trinajstić information content (AvgIpc) is 3.16. The van der Waals surface area contributed by atoms with Crippen molar-refractivity contribution in [3.63, 3.8) is 0 Å². The minimum absolute atomic E-state index is 0.102. The van der Waals surface area contributed by atoms with E-state index in [1.54, 1.807) is 0 Å². The van der Waals surface area contributed by atoms with Crippen LogP contribution >= 0.6 is 0 Å². The molecule has 1 aliphatic heterocycles. The van der Waals surface area contributed by atoms with Crippen LogP contribution in [0.1, 0.15) is 49.0 Å². The van der Waals surface area contributed by atoms with Crippen LogP contribution in [-0.4, -0.2) is 81.8 Å². The first-order valence-electron chi connectivity index (χ1n) is 10.5. The van der Waals surface area contributed by atoms with Gasteiger partial charge in [0.15, 0.2) is 0 Å². The molecule has 1 saturated carbocycles. The minimum Gasteiger partial charge on any atom is -0.368 e. The SMILES string of the molecule is CN(CC(N)=O)C(=O)C1CC(NC(=O)NC2CCCCC2)CN1C(=O)c1cnccn1. The first-order valence-corrected chi connectivity index (χ1v) is 10.5. The Kier molecular flexibility index (Phi) is 7.37. The summed E-state index contributed by atoms with van der Waals surface area (Å²) in [5.74, 6) is -1.54. The number of hydrogen-bond acceptors (Lipinski definition) is 6. The van der Waals surface area contributed by atoms with Crippen LogP contribution in [0, 0.1) is 0 Å². The Balaban J connectivity index is 1.70. The molecule has 1 aromatic heterocycles. The smallest absolute Gasteiger partial charge is 0.315 e. The molecule has 1 aliphatic carbocycles. The van der Waals surface area contributed by atoms with E-state index in [9.17, 15) is 19.2 Å². The van der Waals surface area contributed by atoms with Crippen LogP contribution in [-0.2, 0) is 9.59 Å². The molecule has 2 heterocycles. The first-order chi connectivity index (χ1) is 14.8. The predicted octanol–water partition coefficient (Wildman–Crippen LogP) is -0.365. The molecule has 168 valence electrons. The van der Waals surface area contributed by atoms with Crippen molar-refractivity contribution in [2.24, 2.45) is 5.73 Å². The van der Waals surface area contributed by atoms with Gasteiger partial charge in [0.2, 0.25) is 11.8 Å². The van der Waals surface area contributed by atoms with E-state index < -0.39 is 29.8 Å². The van der Waals surface area contributed by atoms with Gasteiger partial charge in [-0.3, -0.25) is 19.4 Å². The summed E-state index contributed by atoms with van der Waals surface area (Å²) >= 11 is 0. The molecule has 31 heavy (non-hydrogen) atoms. The molecule has 2 fully saturated rings. The van der Waals surface area contributed by atoms with E-state index in [0.717, 1.165) is 25.7 Å². The fourth-order valence-corrected chi connectivity index (χ4v) is 4.18. The van der Waals surface area contributed by atoms with Gasteiger partial charge in [-0.25, -0.2) is 9.78 Å². The molecule has 0 radical (unpaired) electrons. The highest BCUT2D eigenvalue weighted by atomic mass is 16.2. The third kappa shape index (κ3) is 5.89. The number of aromatic nitrogens is 2. The number of amides is 5. The summed E-state index contributed by atoms with van der Waals surface area (Å²) in [5, 5.41) is 5.87. The number of carbonyl (C=O) groups is 4. The van der Waals surface area contributed by atoms with Gasteiger partial charge in [0, 0.05) is 32.0 Å². The number of primary amides is 1. The van der Waals surface area contributed by atoms with Crippen LogP contribution in [0.25, 0.3) is 0 Å². The number of likely N-dealkylation sites (N-methyl/N-ethyl adjacent to an activating group) is 1. The maximum Gasteiger partial charge on any atom is 0.315 e. The molecular formula is C20H29N7O4. The van der Waals surface area contributed by atoms with Gasteiger partial charge in [0.1, 0.15) is 11.7 Å². The molecule has 0 aromatic carbocycles. The predicted molar refractivity (Wildman–Crippen MR) is 111 cm³/mol. The van der Waals surface area contributed by atoms with Crippen molar-refractivity contribution < 1.29 is 19.2 Å². The van der Waals surface area contributed by atoms with Gasteiger partial charge in [-0.05, 0) is 19.3 Å². The zero-order chi connectivity index (χ0) is 22.4. The summed E-state index contributed by atoms with van der Waals surface area (Å²) in [6.07, 6.45) is 9.68. The monoisotopic (exact) mass is 431 g/mol. The Labute approximate surface area is 180 Å². The second-order valence-electron chi connectivity index (χ2n) is 8.11. The lowest BCUT2D eigenvalue weighted by Crippen LogP contribution is -2.48. The van der Waals surface area contributed by atoms with Crippen molar-refractivity contribution in [3.05, 3.63) is 24.3 Å². The van der Waals surface area contributed by atoms with Crippen molar-refractivity contribution in [3.8, 4) is 0 Å². The zero-order valence-corrected chi connectivity index (χ0v) is 17.6. The lowest BCUT2D eigenvalue weighted by Gasteiger charge is -2.26. The Morgan fingerprint density at radius 1 is 1.13 bits per heavy atom. The van der Waals surface area contributed by atoms with Gasteiger partial charge >= 0.3 is 6.03 Å². The first kappa shape index (κ1) is 22.4. The van der Waals surface area contributed by atoms with Crippen molar-refractivity contribution in [2.45, 2.75) is 56.7 Å². The van der Waals surface area contributed by atoms with E-state index in [1.165, 1.54) is 41.9 Å². The van der Waals surface area contributed by atoms with Crippen LogP contribution in [0.2, 0.25) is 0 Å². The summed E-state index contributed by atoms with van der Waals surface area (Å²) in [7, 11) is 1.45. The molecule has 1 saturated heterocycles. The van der Waals surface area contributed by atoms with Crippen molar-refractivity contribution in [2.75, 3.05) is 20.1 Å². The lowest BCUT2D eigenvalue weighted by atomic mass is 9.96. The molecule has 11 nitrogen and oxygen atoms in total. The largest absolute Gasteiger partial charge is 0.368 e. The van der Waals surface area contributed by atoms with Gasteiger partial charge in [0.25, 0.3) is 5.91 Å². The molecular weight excluding hydrogens is 402 g/mol.